The van der Waals surface area contributed by atoms with Gasteiger partial charge >= 0.3 is 12.0 Å². The number of rotatable bonds is 12. The molecule has 5 rings (SSSR count). The Bertz CT molecular complexity index is 1400. The van der Waals surface area contributed by atoms with Crippen LogP contribution in [0.25, 0.3) is 0 Å². The van der Waals surface area contributed by atoms with E-state index >= 15 is 0 Å². The Kier molecular flexibility index (Phi) is 11.8. The van der Waals surface area contributed by atoms with Gasteiger partial charge in [-0.3, -0.25) is 4.90 Å². The number of nitrogens with one attached hydrogen (secondary N) is 2. The number of carbonyl (C=O) groups is 2. The van der Waals surface area contributed by atoms with Gasteiger partial charge in [-0.25, -0.2) is 9.59 Å². The smallest absolute Gasteiger partial charge is 0.328 e. The molecule has 0 radical (unpaired) electrons. The normalized spacial score (nSPS) is 23.9. The third-order valence-corrected chi connectivity index (χ3v) is 8.91. The average Bonchev–Trinajstić information content (AvgIpc) is 3.52. The van der Waals surface area contributed by atoms with E-state index in [0.717, 1.165) is 48.2 Å². The molecule has 10 heteroatoms. The van der Waals surface area contributed by atoms with Crippen LogP contribution in [0, 0.1) is 5.92 Å². The molecule has 3 N–H and O–H groups in total. The van der Waals surface area contributed by atoms with Crippen molar-refractivity contribution in [2.75, 3.05) is 39.2 Å². The topological polar surface area (TPSA) is 119 Å². The van der Waals surface area contributed by atoms with E-state index in [4.69, 9.17) is 18.9 Å². The number of benzene rings is 3. The summed E-state index contributed by atoms with van der Waals surface area (Å²) < 4.78 is 23.7. The van der Waals surface area contributed by atoms with Gasteiger partial charge in [0.2, 0.25) is 0 Å². The van der Waals surface area contributed by atoms with Crippen LogP contribution in [0.1, 0.15) is 54.4 Å². The van der Waals surface area contributed by atoms with Crippen LogP contribution in [-0.2, 0) is 36.8 Å². The number of urea groups is 1. The van der Waals surface area contributed by atoms with E-state index in [9.17, 15) is 14.7 Å². The van der Waals surface area contributed by atoms with Crippen molar-refractivity contribution in [2.45, 2.75) is 63.4 Å². The summed E-state index contributed by atoms with van der Waals surface area (Å²) in [6, 6.07) is 23.7. The number of amides is 2. The van der Waals surface area contributed by atoms with Crippen molar-refractivity contribution in [3.8, 4) is 0 Å². The highest BCUT2D eigenvalue weighted by Crippen LogP contribution is 2.42. The maximum Gasteiger partial charge on any atom is 0.328 e. The molecule has 0 spiro atoms. The Labute approximate surface area is 271 Å². The summed E-state index contributed by atoms with van der Waals surface area (Å²) in [6.45, 7) is 4.62. The Morgan fingerprint density at radius 1 is 0.957 bits per heavy atom. The van der Waals surface area contributed by atoms with Crippen LogP contribution in [0.5, 0.6) is 0 Å². The van der Waals surface area contributed by atoms with Gasteiger partial charge in [0.05, 0.1) is 32.5 Å². The monoisotopic (exact) mass is 631 g/mol. The fraction of sp³-hybridized carbons (Fsp3) is 0.444. The molecule has 6 atom stereocenters. The Morgan fingerprint density at radius 3 is 2.35 bits per heavy atom. The minimum Gasteiger partial charge on any atom is -0.467 e. The number of carbonyl (C=O) groups excluding carboxylic acids is 2. The summed E-state index contributed by atoms with van der Waals surface area (Å²) in [4.78, 5) is 27.7. The summed E-state index contributed by atoms with van der Waals surface area (Å²) in [5.74, 6) is -0.448. The summed E-state index contributed by atoms with van der Waals surface area (Å²) in [7, 11) is 3.05. The molecule has 6 unspecified atom stereocenters. The number of nitrogens with zero attached hydrogens (tertiary/aromatic N) is 1. The molecule has 2 aliphatic heterocycles. The van der Waals surface area contributed by atoms with Crippen molar-refractivity contribution >= 4 is 17.7 Å². The van der Waals surface area contributed by atoms with Crippen molar-refractivity contribution in [2.24, 2.45) is 5.92 Å². The van der Waals surface area contributed by atoms with Gasteiger partial charge < -0.3 is 34.7 Å². The third kappa shape index (κ3) is 8.51. The second-order valence-electron chi connectivity index (χ2n) is 12.1. The van der Waals surface area contributed by atoms with E-state index in [1.165, 1.54) is 7.11 Å². The number of methoxy groups -OCH3 is 2. The molecule has 3 aromatic carbocycles. The predicted molar refractivity (Wildman–Crippen MR) is 174 cm³/mol. The standard InChI is InChI=1S/C36H45N3O7/c1-24-32(21-39-19-7-10-30(39)23-43-2)45-35(46-33(24)27-13-11-26(22-40)12-14-27)28-15-17-29(18-16-28)37-36(42)38-31(34(41)44-3)20-25-8-5-4-6-9-25/h4-6,8-9,11-18,24,30-33,35,40H,7,10,19-23H2,1-3H3,(H2,37,38,42). The first-order valence-electron chi connectivity index (χ1n) is 15.9. The molecule has 0 saturated carbocycles. The van der Waals surface area contributed by atoms with Crippen LogP contribution >= 0.6 is 0 Å². The summed E-state index contributed by atoms with van der Waals surface area (Å²) in [5.41, 5.74) is 4.17. The van der Waals surface area contributed by atoms with E-state index in [1.807, 2.05) is 66.7 Å². The van der Waals surface area contributed by atoms with Crippen molar-refractivity contribution in [1.82, 2.24) is 10.2 Å². The van der Waals surface area contributed by atoms with E-state index < -0.39 is 24.3 Å². The molecule has 0 aliphatic carbocycles. The molecular formula is C36H45N3O7. The number of likely N-dealkylation sites (tertiary alicyclic amines) is 1. The highest BCUT2D eigenvalue weighted by atomic mass is 16.7. The second kappa shape index (κ2) is 16.2. The first-order chi connectivity index (χ1) is 22.4. The van der Waals surface area contributed by atoms with Crippen molar-refractivity contribution < 1.29 is 33.6 Å². The molecule has 46 heavy (non-hydrogen) atoms. The molecule has 2 aliphatic rings. The lowest BCUT2D eigenvalue weighted by Gasteiger charge is -2.43. The van der Waals surface area contributed by atoms with Gasteiger partial charge in [-0.1, -0.05) is 73.7 Å². The molecule has 2 heterocycles. The quantitative estimate of drug-likeness (QED) is 0.240. The van der Waals surface area contributed by atoms with E-state index in [1.54, 1.807) is 19.2 Å². The number of anilines is 1. The number of ether oxygens (including phenoxy) is 4. The molecular weight excluding hydrogens is 586 g/mol. The lowest BCUT2D eigenvalue weighted by Crippen LogP contribution is -2.46. The maximum absolute atomic E-state index is 12.9. The third-order valence-electron chi connectivity index (χ3n) is 8.91. The first-order valence-corrected chi connectivity index (χ1v) is 15.9. The molecule has 2 amide bonds. The number of hydrogen-bond donors (Lipinski definition) is 3. The predicted octanol–water partition coefficient (Wildman–Crippen LogP) is 4.99. The Morgan fingerprint density at radius 2 is 1.67 bits per heavy atom. The number of aliphatic hydroxyl groups excluding tert-OH is 1. The molecule has 0 aromatic heterocycles. The SMILES string of the molecule is COCC1CCCN1CC1OC(c2ccc(NC(=O)NC(Cc3ccccc3)C(=O)OC)cc2)OC(c2ccc(CO)cc2)C1C. The van der Waals surface area contributed by atoms with E-state index in [2.05, 4.69) is 22.5 Å². The highest BCUT2D eigenvalue weighted by Gasteiger charge is 2.40. The van der Waals surface area contributed by atoms with Crippen molar-refractivity contribution in [3.05, 3.63) is 101 Å². The van der Waals surface area contributed by atoms with Crippen LogP contribution in [0.2, 0.25) is 0 Å². The van der Waals surface area contributed by atoms with Gasteiger partial charge in [0, 0.05) is 43.3 Å². The number of esters is 1. The zero-order chi connectivity index (χ0) is 32.5. The average molecular weight is 632 g/mol. The molecule has 0 bridgehead atoms. The van der Waals surface area contributed by atoms with Gasteiger partial charge in [-0.05, 0) is 48.2 Å². The summed E-state index contributed by atoms with van der Waals surface area (Å²) >= 11 is 0. The van der Waals surface area contributed by atoms with Gasteiger partial charge in [-0.15, -0.1) is 0 Å². The van der Waals surface area contributed by atoms with Crippen LogP contribution in [-0.4, -0.2) is 74.1 Å². The Hall–Kier alpha value is -3.80. The molecule has 246 valence electrons. The fourth-order valence-electron chi connectivity index (χ4n) is 6.31. The maximum atomic E-state index is 12.9. The lowest BCUT2D eigenvalue weighted by atomic mass is 9.90. The zero-order valence-electron chi connectivity index (χ0n) is 26.8. The van der Waals surface area contributed by atoms with Crippen LogP contribution in [0.15, 0.2) is 78.9 Å². The van der Waals surface area contributed by atoms with E-state index in [-0.39, 0.29) is 24.7 Å². The van der Waals surface area contributed by atoms with E-state index in [0.29, 0.717) is 24.8 Å². The summed E-state index contributed by atoms with van der Waals surface area (Å²) in [5, 5.41) is 15.1. The van der Waals surface area contributed by atoms with Gasteiger partial charge in [0.15, 0.2) is 6.29 Å². The van der Waals surface area contributed by atoms with Gasteiger partial charge in [-0.2, -0.15) is 0 Å². The van der Waals surface area contributed by atoms with Crippen molar-refractivity contribution in [3.63, 3.8) is 0 Å². The second-order valence-corrected chi connectivity index (χ2v) is 12.1. The number of hydrogen-bond acceptors (Lipinski definition) is 8. The number of aliphatic hydroxyl groups is 1. The zero-order valence-corrected chi connectivity index (χ0v) is 26.8. The molecule has 2 saturated heterocycles. The fourth-order valence-corrected chi connectivity index (χ4v) is 6.31. The van der Waals surface area contributed by atoms with Crippen LogP contribution in [0.4, 0.5) is 10.5 Å². The van der Waals surface area contributed by atoms with Crippen molar-refractivity contribution in [1.29, 1.82) is 0 Å². The van der Waals surface area contributed by atoms with Crippen LogP contribution in [0.3, 0.4) is 0 Å². The first kappa shape index (κ1) is 33.6. The minimum absolute atomic E-state index is 0.0135. The van der Waals surface area contributed by atoms with Gasteiger partial charge in [0.1, 0.15) is 6.04 Å². The van der Waals surface area contributed by atoms with Gasteiger partial charge in [0.25, 0.3) is 0 Å². The minimum atomic E-state index is -0.836. The lowest BCUT2D eigenvalue weighted by molar-refractivity contribution is -0.276. The Balaban J connectivity index is 1.28. The molecule has 3 aromatic rings. The summed E-state index contributed by atoms with van der Waals surface area (Å²) in [6.07, 6.45) is 1.62. The molecule has 10 nitrogen and oxygen atoms in total. The molecule has 2 fully saturated rings. The highest BCUT2D eigenvalue weighted by molar-refractivity contribution is 5.92. The largest absolute Gasteiger partial charge is 0.467 e. The van der Waals surface area contributed by atoms with Crippen LogP contribution < -0.4 is 10.6 Å².